The predicted molar refractivity (Wildman–Crippen MR) is 91.8 cm³/mol. The van der Waals surface area contributed by atoms with Crippen LogP contribution in [0, 0.1) is 0 Å². The summed E-state index contributed by atoms with van der Waals surface area (Å²) >= 11 is 0. The Morgan fingerprint density at radius 3 is 2.50 bits per heavy atom. The quantitative estimate of drug-likeness (QED) is 0.872. The maximum atomic E-state index is 12.5. The minimum Gasteiger partial charge on any atom is -0.491 e. The van der Waals surface area contributed by atoms with Gasteiger partial charge in [-0.05, 0) is 61.9 Å². The number of carbonyl (C=O) groups excluding carboxylic acids is 1. The number of anilines is 2. The number of hydrogen-bond donors (Lipinski definition) is 2. The topological polar surface area (TPSA) is 84.5 Å². The van der Waals surface area contributed by atoms with Crippen molar-refractivity contribution in [2.75, 3.05) is 10.0 Å². The van der Waals surface area contributed by atoms with Crippen LogP contribution in [-0.4, -0.2) is 20.4 Å². The van der Waals surface area contributed by atoms with E-state index in [0.29, 0.717) is 11.4 Å². The van der Waals surface area contributed by atoms with E-state index in [9.17, 15) is 13.2 Å². The van der Waals surface area contributed by atoms with Gasteiger partial charge in [0, 0.05) is 11.4 Å². The van der Waals surface area contributed by atoms with Gasteiger partial charge in [0.05, 0.1) is 17.4 Å². The molecule has 2 N–H and O–H groups in total. The third-order valence-corrected chi connectivity index (χ3v) is 4.89. The van der Waals surface area contributed by atoms with Crippen LogP contribution < -0.4 is 14.8 Å². The molecule has 1 aliphatic heterocycles. The van der Waals surface area contributed by atoms with E-state index in [1.54, 1.807) is 30.3 Å². The zero-order valence-corrected chi connectivity index (χ0v) is 14.2. The van der Waals surface area contributed by atoms with Gasteiger partial charge in [0.25, 0.3) is 10.0 Å². The first-order valence-corrected chi connectivity index (χ1v) is 9.04. The van der Waals surface area contributed by atoms with Crippen molar-refractivity contribution in [1.82, 2.24) is 0 Å². The van der Waals surface area contributed by atoms with Gasteiger partial charge < -0.3 is 10.1 Å². The zero-order chi connectivity index (χ0) is 17.3. The van der Waals surface area contributed by atoms with Crippen LogP contribution in [0.1, 0.15) is 19.4 Å². The van der Waals surface area contributed by atoms with Gasteiger partial charge in [-0.2, -0.15) is 0 Å². The summed E-state index contributed by atoms with van der Waals surface area (Å²) in [5, 5.41) is 2.71. The second kappa shape index (κ2) is 6.16. The normalized spacial score (nSPS) is 13.5. The number of amides is 1. The zero-order valence-electron chi connectivity index (χ0n) is 13.4. The van der Waals surface area contributed by atoms with E-state index in [1.807, 2.05) is 13.8 Å². The molecule has 3 rings (SSSR count). The van der Waals surface area contributed by atoms with Gasteiger partial charge in [0.2, 0.25) is 5.91 Å². The van der Waals surface area contributed by atoms with Gasteiger partial charge in [-0.25, -0.2) is 8.42 Å². The molecule has 0 unspecified atom stereocenters. The molecule has 24 heavy (non-hydrogen) atoms. The lowest BCUT2D eigenvalue weighted by Gasteiger charge is -2.12. The van der Waals surface area contributed by atoms with Crippen LogP contribution in [0.3, 0.4) is 0 Å². The minimum atomic E-state index is -3.70. The average Bonchev–Trinajstić information content (AvgIpc) is 2.86. The molecule has 1 heterocycles. The average molecular weight is 346 g/mol. The molecule has 0 saturated carbocycles. The van der Waals surface area contributed by atoms with E-state index in [2.05, 4.69) is 10.0 Å². The Bertz CT molecular complexity index is 874. The summed E-state index contributed by atoms with van der Waals surface area (Å²) in [5.74, 6) is 0.525. The van der Waals surface area contributed by atoms with Gasteiger partial charge in [0.1, 0.15) is 5.75 Å². The van der Waals surface area contributed by atoms with Gasteiger partial charge >= 0.3 is 0 Å². The number of fused-ring (bicyclic) bond motifs is 1. The van der Waals surface area contributed by atoms with E-state index in [4.69, 9.17) is 4.74 Å². The molecule has 0 fully saturated rings. The fourth-order valence-electron chi connectivity index (χ4n) is 2.48. The Morgan fingerprint density at radius 1 is 1.12 bits per heavy atom. The SMILES string of the molecule is CC(C)Oc1ccc(S(=O)(=O)Nc2ccc3c(c2)CC(=O)N3)cc1. The summed E-state index contributed by atoms with van der Waals surface area (Å²) in [6, 6.07) is 11.2. The van der Waals surface area contributed by atoms with E-state index < -0.39 is 10.0 Å². The van der Waals surface area contributed by atoms with Crippen molar-refractivity contribution in [3.63, 3.8) is 0 Å². The van der Waals surface area contributed by atoms with Crippen LogP contribution >= 0.6 is 0 Å². The Morgan fingerprint density at radius 2 is 1.83 bits per heavy atom. The van der Waals surface area contributed by atoms with Crippen LogP contribution in [0.2, 0.25) is 0 Å². The van der Waals surface area contributed by atoms with Gasteiger partial charge in [-0.15, -0.1) is 0 Å². The summed E-state index contributed by atoms with van der Waals surface area (Å²) in [5.41, 5.74) is 1.92. The third kappa shape index (κ3) is 3.51. The molecule has 7 heteroatoms. The molecule has 6 nitrogen and oxygen atoms in total. The highest BCUT2D eigenvalue weighted by Crippen LogP contribution is 2.27. The van der Waals surface area contributed by atoms with Crippen LogP contribution in [0.4, 0.5) is 11.4 Å². The summed E-state index contributed by atoms with van der Waals surface area (Å²) in [6.45, 7) is 3.80. The highest BCUT2D eigenvalue weighted by Gasteiger charge is 2.20. The maximum Gasteiger partial charge on any atom is 0.261 e. The molecule has 0 radical (unpaired) electrons. The number of carbonyl (C=O) groups is 1. The smallest absolute Gasteiger partial charge is 0.261 e. The summed E-state index contributed by atoms with van der Waals surface area (Å²) < 4.78 is 33.0. The Hall–Kier alpha value is -2.54. The monoisotopic (exact) mass is 346 g/mol. The molecule has 1 aliphatic rings. The molecule has 2 aromatic carbocycles. The van der Waals surface area contributed by atoms with E-state index in [-0.39, 0.29) is 23.3 Å². The first kappa shape index (κ1) is 16.3. The minimum absolute atomic E-state index is 0.0216. The van der Waals surface area contributed by atoms with Gasteiger partial charge in [-0.1, -0.05) is 0 Å². The largest absolute Gasteiger partial charge is 0.491 e. The van der Waals surface area contributed by atoms with Crippen molar-refractivity contribution in [2.24, 2.45) is 0 Å². The van der Waals surface area contributed by atoms with Crippen LogP contribution in [0.25, 0.3) is 0 Å². The van der Waals surface area contributed by atoms with Crippen molar-refractivity contribution in [3.05, 3.63) is 48.0 Å². The Labute approximate surface area is 140 Å². The predicted octanol–water partition coefficient (Wildman–Crippen LogP) is 2.77. The molecule has 126 valence electrons. The van der Waals surface area contributed by atoms with Gasteiger partial charge in [0.15, 0.2) is 0 Å². The lowest BCUT2D eigenvalue weighted by molar-refractivity contribution is -0.115. The van der Waals surface area contributed by atoms with Crippen LogP contribution in [0.5, 0.6) is 5.75 Å². The van der Waals surface area contributed by atoms with Crippen molar-refractivity contribution < 1.29 is 17.9 Å². The number of ether oxygens (including phenoxy) is 1. The van der Waals surface area contributed by atoms with E-state index >= 15 is 0 Å². The molecular weight excluding hydrogens is 328 g/mol. The lowest BCUT2D eigenvalue weighted by Crippen LogP contribution is -2.13. The fourth-order valence-corrected chi connectivity index (χ4v) is 3.53. The van der Waals surface area contributed by atoms with Crippen molar-refractivity contribution in [2.45, 2.75) is 31.3 Å². The summed E-state index contributed by atoms with van der Waals surface area (Å²) in [4.78, 5) is 11.5. The number of rotatable bonds is 5. The summed E-state index contributed by atoms with van der Waals surface area (Å²) in [7, 11) is -3.70. The highest BCUT2D eigenvalue weighted by molar-refractivity contribution is 7.92. The first-order valence-electron chi connectivity index (χ1n) is 7.56. The van der Waals surface area contributed by atoms with E-state index in [1.165, 1.54) is 12.1 Å². The number of sulfonamides is 1. The molecular formula is C17H18N2O4S. The Kier molecular flexibility index (Phi) is 4.19. The molecule has 0 atom stereocenters. The molecule has 0 saturated heterocycles. The number of nitrogens with one attached hydrogen (secondary N) is 2. The van der Waals surface area contributed by atoms with Crippen molar-refractivity contribution in [3.8, 4) is 5.75 Å². The molecule has 0 bridgehead atoms. The molecule has 0 aromatic heterocycles. The molecule has 0 aliphatic carbocycles. The standard InChI is InChI=1S/C17H18N2O4S/c1-11(2)23-14-4-6-15(7-5-14)24(21,22)19-13-3-8-16-12(9-13)10-17(20)18-16/h3-9,11,19H,10H2,1-2H3,(H,18,20). The first-order chi connectivity index (χ1) is 11.3. The number of hydrogen-bond acceptors (Lipinski definition) is 4. The van der Waals surface area contributed by atoms with Crippen LogP contribution in [0.15, 0.2) is 47.4 Å². The lowest BCUT2D eigenvalue weighted by atomic mass is 10.1. The molecule has 1 amide bonds. The Balaban J connectivity index is 1.79. The van der Waals surface area contributed by atoms with E-state index in [0.717, 1.165) is 11.3 Å². The van der Waals surface area contributed by atoms with Crippen molar-refractivity contribution in [1.29, 1.82) is 0 Å². The molecule has 2 aromatic rings. The highest BCUT2D eigenvalue weighted by atomic mass is 32.2. The second-order valence-electron chi connectivity index (χ2n) is 5.84. The molecule has 0 spiro atoms. The fraction of sp³-hybridized carbons (Fsp3) is 0.235. The summed E-state index contributed by atoms with van der Waals surface area (Å²) in [6.07, 6.45) is 0.278. The maximum absolute atomic E-state index is 12.5. The third-order valence-electron chi connectivity index (χ3n) is 3.49. The van der Waals surface area contributed by atoms with Crippen molar-refractivity contribution >= 4 is 27.3 Å². The number of benzene rings is 2. The van der Waals surface area contributed by atoms with Crippen LogP contribution in [-0.2, 0) is 21.2 Å². The second-order valence-corrected chi connectivity index (χ2v) is 7.52. The van der Waals surface area contributed by atoms with Gasteiger partial charge in [-0.3, -0.25) is 9.52 Å².